The van der Waals surface area contributed by atoms with E-state index in [4.69, 9.17) is 4.74 Å². The number of hydrogen-bond donors (Lipinski definition) is 1. The van der Waals surface area contributed by atoms with E-state index in [0.29, 0.717) is 18.6 Å². The second-order valence-electron chi connectivity index (χ2n) is 4.68. The summed E-state index contributed by atoms with van der Waals surface area (Å²) < 4.78 is 5.30. The summed E-state index contributed by atoms with van der Waals surface area (Å²) in [4.78, 5) is 13.6. The van der Waals surface area contributed by atoms with E-state index in [-0.39, 0.29) is 6.09 Å². The van der Waals surface area contributed by atoms with Crippen LogP contribution in [0.4, 0.5) is 4.79 Å². The molecule has 2 atom stereocenters. The van der Waals surface area contributed by atoms with Crippen LogP contribution in [0.1, 0.15) is 5.56 Å². The van der Waals surface area contributed by atoms with Crippen LogP contribution in [0.15, 0.2) is 30.3 Å². The van der Waals surface area contributed by atoms with Crippen molar-refractivity contribution in [3.8, 4) is 0 Å². The number of nitrogens with zero attached hydrogens (tertiary/aromatic N) is 1. The highest BCUT2D eigenvalue weighted by Gasteiger charge is 2.45. The monoisotopic (exact) mass is 232 g/mol. The number of hydrogen-bond acceptors (Lipinski definition) is 3. The van der Waals surface area contributed by atoms with Crippen molar-refractivity contribution in [1.29, 1.82) is 0 Å². The van der Waals surface area contributed by atoms with Crippen LogP contribution in [0.25, 0.3) is 0 Å². The Morgan fingerprint density at radius 2 is 2.18 bits per heavy atom. The molecule has 3 rings (SSSR count). The number of amides is 1. The number of nitrogens with one attached hydrogen (secondary N) is 1. The average Bonchev–Trinajstić information content (AvgIpc) is 2.70. The Labute approximate surface area is 101 Å². The van der Waals surface area contributed by atoms with Crippen LogP contribution in [-0.2, 0) is 11.3 Å². The van der Waals surface area contributed by atoms with Gasteiger partial charge in [0.2, 0.25) is 0 Å². The number of ether oxygens (including phenoxy) is 1. The zero-order valence-electron chi connectivity index (χ0n) is 9.63. The van der Waals surface area contributed by atoms with Crippen molar-refractivity contribution < 1.29 is 9.53 Å². The van der Waals surface area contributed by atoms with Crippen molar-refractivity contribution in [3.63, 3.8) is 0 Å². The number of fused-ring (bicyclic) bond motifs is 1. The molecule has 1 N–H and O–H groups in total. The van der Waals surface area contributed by atoms with Crippen molar-refractivity contribution >= 4 is 6.09 Å². The van der Waals surface area contributed by atoms with Crippen LogP contribution in [-0.4, -0.2) is 36.7 Å². The van der Waals surface area contributed by atoms with Gasteiger partial charge in [-0.15, -0.1) is 0 Å². The summed E-state index contributed by atoms with van der Waals surface area (Å²) in [5.41, 5.74) is 1.03. The molecule has 2 aliphatic rings. The smallest absolute Gasteiger partial charge is 0.410 e. The Bertz CT molecular complexity index is 407. The Hall–Kier alpha value is -1.55. The summed E-state index contributed by atoms with van der Waals surface area (Å²) in [6.45, 7) is 3.14. The van der Waals surface area contributed by atoms with Crippen molar-refractivity contribution in [1.82, 2.24) is 10.2 Å². The molecule has 0 bridgehead atoms. The molecule has 0 radical (unpaired) electrons. The molecule has 2 heterocycles. The molecule has 1 amide bonds. The molecule has 0 saturated carbocycles. The zero-order valence-corrected chi connectivity index (χ0v) is 9.63. The lowest BCUT2D eigenvalue weighted by Crippen LogP contribution is -2.58. The first kappa shape index (κ1) is 10.6. The topological polar surface area (TPSA) is 41.6 Å². The second kappa shape index (κ2) is 4.37. The highest BCUT2D eigenvalue weighted by molar-refractivity contribution is 5.69. The third-order valence-electron chi connectivity index (χ3n) is 3.58. The minimum atomic E-state index is -0.182. The standard InChI is InChI=1S/C13H16N2O2/c16-13(15-8-11-6-14-7-12(11)15)17-9-10-4-2-1-3-5-10/h1-5,11-12,14H,6-9H2/t11-,12-/m0/s1. The Morgan fingerprint density at radius 1 is 1.35 bits per heavy atom. The first-order valence-electron chi connectivity index (χ1n) is 6.02. The van der Waals surface area contributed by atoms with Gasteiger partial charge in [0.15, 0.2) is 0 Å². The van der Waals surface area contributed by atoms with Crippen LogP contribution >= 0.6 is 0 Å². The lowest BCUT2D eigenvalue weighted by Gasteiger charge is -2.42. The van der Waals surface area contributed by atoms with Gasteiger partial charge < -0.3 is 15.0 Å². The van der Waals surface area contributed by atoms with E-state index in [9.17, 15) is 4.79 Å². The van der Waals surface area contributed by atoms with Crippen molar-refractivity contribution in [3.05, 3.63) is 35.9 Å². The van der Waals surface area contributed by atoms with Gasteiger partial charge in [-0.3, -0.25) is 0 Å². The molecule has 2 fully saturated rings. The van der Waals surface area contributed by atoms with Gasteiger partial charge in [0, 0.05) is 25.6 Å². The third-order valence-corrected chi connectivity index (χ3v) is 3.58. The summed E-state index contributed by atoms with van der Waals surface area (Å²) in [5.74, 6) is 0.638. The predicted molar refractivity (Wildman–Crippen MR) is 63.5 cm³/mol. The highest BCUT2D eigenvalue weighted by atomic mass is 16.6. The van der Waals surface area contributed by atoms with Gasteiger partial charge in [0.05, 0.1) is 6.04 Å². The highest BCUT2D eigenvalue weighted by Crippen LogP contribution is 2.28. The summed E-state index contributed by atoms with van der Waals surface area (Å²) in [5, 5.41) is 3.29. The van der Waals surface area contributed by atoms with E-state index in [0.717, 1.165) is 25.2 Å². The number of carbonyl (C=O) groups excluding carboxylic acids is 1. The molecule has 0 spiro atoms. The normalized spacial score (nSPS) is 26.2. The molecular weight excluding hydrogens is 216 g/mol. The van der Waals surface area contributed by atoms with E-state index >= 15 is 0 Å². The van der Waals surface area contributed by atoms with Crippen molar-refractivity contribution in [2.45, 2.75) is 12.6 Å². The molecule has 1 aromatic carbocycles. The van der Waals surface area contributed by atoms with Gasteiger partial charge in [0.25, 0.3) is 0 Å². The van der Waals surface area contributed by atoms with Gasteiger partial charge in [-0.25, -0.2) is 4.79 Å². The summed E-state index contributed by atoms with van der Waals surface area (Å²) in [6.07, 6.45) is -0.182. The van der Waals surface area contributed by atoms with Gasteiger partial charge in [0.1, 0.15) is 6.61 Å². The number of benzene rings is 1. The van der Waals surface area contributed by atoms with E-state index in [1.54, 1.807) is 0 Å². The number of likely N-dealkylation sites (tertiary alicyclic amines) is 1. The zero-order chi connectivity index (χ0) is 11.7. The van der Waals surface area contributed by atoms with E-state index in [1.165, 1.54) is 0 Å². The number of carbonyl (C=O) groups is 1. The van der Waals surface area contributed by atoms with Crippen molar-refractivity contribution in [2.24, 2.45) is 5.92 Å². The van der Waals surface area contributed by atoms with Gasteiger partial charge in [-0.1, -0.05) is 30.3 Å². The maximum atomic E-state index is 11.8. The van der Waals surface area contributed by atoms with Crippen LogP contribution in [0.3, 0.4) is 0 Å². The molecule has 90 valence electrons. The van der Waals surface area contributed by atoms with E-state index in [2.05, 4.69) is 5.32 Å². The predicted octanol–water partition coefficient (Wildman–Crippen LogP) is 1.23. The molecule has 17 heavy (non-hydrogen) atoms. The quantitative estimate of drug-likeness (QED) is 0.833. The molecular formula is C13H16N2O2. The molecule has 2 aliphatic heterocycles. The Balaban J connectivity index is 1.51. The maximum Gasteiger partial charge on any atom is 0.410 e. The van der Waals surface area contributed by atoms with E-state index < -0.39 is 0 Å². The van der Waals surface area contributed by atoms with Crippen LogP contribution in [0.5, 0.6) is 0 Å². The fraction of sp³-hybridized carbons (Fsp3) is 0.462. The summed E-state index contributed by atoms with van der Waals surface area (Å²) in [6, 6.07) is 10.1. The molecule has 4 heteroatoms. The van der Waals surface area contributed by atoms with Gasteiger partial charge in [-0.2, -0.15) is 0 Å². The molecule has 0 aliphatic carbocycles. The third kappa shape index (κ3) is 2.00. The largest absolute Gasteiger partial charge is 0.445 e. The molecule has 1 aromatic rings. The minimum Gasteiger partial charge on any atom is -0.445 e. The van der Waals surface area contributed by atoms with Gasteiger partial charge in [-0.05, 0) is 5.56 Å². The molecule has 4 nitrogen and oxygen atoms in total. The van der Waals surface area contributed by atoms with Gasteiger partial charge >= 0.3 is 6.09 Å². The number of rotatable bonds is 2. The Kier molecular flexibility index (Phi) is 2.73. The first-order valence-corrected chi connectivity index (χ1v) is 6.02. The lowest BCUT2D eigenvalue weighted by atomic mass is 9.93. The summed E-state index contributed by atoms with van der Waals surface area (Å²) >= 11 is 0. The fourth-order valence-corrected chi connectivity index (χ4v) is 2.53. The first-order chi connectivity index (χ1) is 8.34. The maximum absolute atomic E-state index is 11.8. The fourth-order valence-electron chi connectivity index (χ4n) is 2.53. The molecule has 2 saturated heterocycles. The van der Waals surface area contributed by atoms with Crippen LogP contribution in [0.2, 0.25) is 0 Å². The van der Waals surface area contributed by atoms with Crippen LogP contribution in [0, 0.1) is 5.92 Å². The molecule has 0 unspecified atom stereocenters. The molecule has 0 aromatic heterocycles. The summed E-state index contributed by atoms with van der Waals surface area (Å²) in [7, 11) is 0. The second-order valence-corrected chi connectivity index (χ2v) is 4.68. The van der Waals surface area contributed by atoms with Crippen molar-refractivity contribution in [2.75, 3.05) is 19.6 Å². The SMILES string of the molecule is O=C(OCc1ccccc1)N1C[C@@H]2CNC[C@@H]21. The Morgan fingerprint density at radius 3 is 2.94 bits per heavy atom. The van der Waals surface area contributed by atoms with E-state index in [1.807, 2.05) is 35.2 Å². The average molecular weight is 232 g/mol. The van der Waals surface area contributed by atoms with Crippen LogP contribution < -0.4 is 5.32 Å². The minimum absolute atomic E-state index is 0.182. The lowest BCUT2D eigenvalue weighted by molar-refractivity contribution is 0.0248.